The van der Waals surface area contributed by atoms with Gasteiger partial charge in [-0.05, 0) is 31.0 Å². The number of aryl methyl sites for hydroxylation is 1. The van der Waals surface area contributed by atoms with Crippen LogP contribution in [0.25, 0.3) is 0 Å². The summed E-state index contributed by atoms with van der Waals surface area (Å²) in [5.41, 5.74) is 1.11. The third-order valence-electron chi connectivity index (χ3n) is 3.03. The zero-order valence-electron chi connectivity index (χ0n) is 13.2. The highest BCUT2D eigenvalue weighted by Crippen LogP contribution is 2.27. The second kappa shape index (κ2) is 9.91. The maximum Gasteiger partial charge on any atom is 0.314 e. The molecule has 0 fully saturated rings. The highest BCUT2D eigenvalue weighted by molar-refractivity contribution is 5.73. The first-order chi connectivity index (χ1) is 10.2. The van der Waals surface area contributed by atoms with Gasteiger partial charge in [0.25, 0.3) is 0 Å². The third-order valence-corrected chi connectivity index (χ3v) is 3.03. The van der Waals surface area contributed by atoms with Crippen LogP contribution in [-0.4, -0.2) is 32.8 Å². The molecular formula is C16H26N2O3. The summed E-state index contributed by atoms with van der Waals surface area (Å²) in [5.74, 6) is 1.40. The van der Waals surface area contributed by atoms with Gasteiger partial charge in [0.2, 0.25) is 0 Å². The van der Waals surface area contributed by atoms with E-state index in [0.717, 1.165) is 24.8 Å². The molecule has 0 unspecified atom stereocenters. The van der Waals surface area contributed by atoms with E-state index < -0.39 is 0 Å². The Labute approximate surface area is 127 Å². The van der Waals surface area contributed by atoms with Crippen molar-refractivity contribution in [3.63, 3.8) is 0 Å². The van der Waals surface area contributed by atoms with Crippen LogP contribution in [0.5, 0.6) is 11.5 Å². The van der Waals surface area contributed by atoms with Gasteiger partial charge in [-0.3, -0.25) is 0 Å². The fourth-order valence-corrected chi connectivity index (χ4v) is 1.86. The van der Waals surface area contributed by atoms with E-state index in [9.17, 15) is 4.79 Å². The Morgan fingerprint density at radius 2 is 1.90 bits per heavy atom. The smallest absolute Gasteiger partial charge is 0.314 e. The van der Waals surface area contributed by atoms with E-state index >= 15 is 0 Å². The summed E-state index contributed by atoms with van der Waals surface area (Å²) >= 11 is 0. The van der Waals surface area contributed by atoms with Gasteiger partial charge in [-0.2, -0.15) is 0 Å². The predicted molar refractivity (Wildman–Crippen MR) is 84.2 cm³/mol. The molecule has 1 aromatic rings. The molecule has 0 atom stereocenters. The average molecular weight is 294 g/mol. The quantitative estimate of drug-likeness (QED) is 0.688. The van der Waals surface area contributed by atoms with Gasteiger partial charge in [-0.25, -0.2) is 4.79 Å². The summed E-state index contributed by atoms with van der Waals surface area (Å²) in [5, 5.41) is 5.58. The van der Waals surface area contributed by atoms with Gasteiger partial charge in [0.05, 0.1) is 13.7 Å². The summed E-state index contributed by atoms with van der Waals surface area (Å²) < 4.78 is 10.9. The van der Waals surface area contributed by atoms with Crippen LogP contribution >= 0.6 is 0 Å². The molecule has 0 bridgehead atoms. The molecule has 2 amide bonds. The van der Waals surface area contributed by atoms with E-state index in [2.05, 4.69) is 17.6 Å². The van der Waals surface area contributed by atoms with Gasteiger partial charge >= 0.3 is 6.03 Å². The number of hydrogen-bond acceptors (Lipinski definition) is 3. The van der Waals surface area contributed by atoms with Gasteiger partial charge < -0.3 is 20.1 Å². The fraction of sp³-hybridized carbons (Fsp3) is 0.562. The molecule has 0 spiro atoms. The van der Waals surface area contributed by atoms with E-state index in [1.807, 2.05) is 25.1 Å². The number of ether oxygens (including phenoxy) is 2. The molecule has 118 valence electrons. The van der Waals surface area contributed by atoms with E-state index in [4.69, 9.17) is 9.47 Å². The van der Waals surface area contributed by atoms with Crippen LogP contribution in [0.3, 0.4) is 0 Å². The van der Waals surface area contributed by atoms with Crippen molar-refractivity contribution in [3.05, 3.63) is 23.8 Å². The minimum Gasteiger partial charge on any atom is -0.493 e. The summed E-state index contributed by atoms with van der Waals surface area (Å²) in [6, 6.07) is 5.61. The number of benzene rings is 1. The van der Waals surface area contributed by atoms with Crippen molar-refractivity contribution in [2.75, 3.05) is 26.8 Å². The Hall–Kier alpha value is -1.91. The summed E-state index contributed by atoms with van der Waals surface area (Å²) in [7, 11) is 1.61. The maximum atomic E-state index is 11.5. The highest BCUT2D eigenvalue weighted by Gasteiger charge is 2.04. The van der Waals surface area contributed by atoms with Crippen molar-refractivity contribution in [2.24, 2.45) is 0 Å². The van der Waals surface area contributed by atoms with Crippen molar-refractivity contribution in [1.82, 2.24) is 10.6 Å². The SMILES string of the molecule is CCCCCNC(=O)NCCOc1ccc(C)cc1OC. The maximum absolute atomic E-state index is 11.5. The van der Waals surface area contributed by atoms with Gasteiger partial charge in [0, 0.05) is 6.54 Å². The zero-order valence-corrected chi connectivity index (χ0v) is 13.2. The number of unbranched alkanes of at least 4 members (excludes halogenated alkanes) is 2. The van der Waals surface area contributed by atoms with Gasteiger partial charge in [-0.15, -0.1) is 0 Å². The zero-order chi connectivity index (χ0) is 15.5. The topological polar surface area (TPSA) is 59.6 Å². The number of rotatable bonds is 9. The second-order valence-electron chi connectivity index (χ2n) is 4.89. The molecular weight excluding hydrogens is 268 g/mol. The van der Waals surface area contributed by atoms with Gasteiger partial charge in [-0.1, -0.05) is 25.8 Å². The molecule has 0 heterocycles. The predicted octanol–water partition coefficient (Wildman–Crippen LogP) is 2.87. The Morgan fingerprint density at radius 1 is 1.14 bits per heavy atom. The summed E-state index contributed by atoms with van der Waals surface area (Å²) in [6.45, 7) is 5.71. The molecule has 0 saturated carbocycles. The summed E-state index contributed by atoms with van der Waals surface area (Å²) in [6.07, 6.45) is 3.30. The van der Waals surface area contributed by atoms with Crippen molar-refractivity contribution < 1.29 is 14.3 Å². The van der Waals surface area contributed by atoms with E-state index in [1.54, 1.807) is 7.11 Å². The largest absolute Gasteiger partial charge is 0.493 e. The molecule has 5 heteroatoms. The molecule has 0 radical (unpaired) electrons. The van der Waals surface area contributed by atoms with Crippen molar-refractivity contribution in [2.45, 2.75) is 33.1 Å². The van der Waals surface area contributed by atoms with Gasteiger partial charge in [0.15, 0.2) is 11.5 Å². The molecule has 0 aromatic heterocycles. The molecule has 5 nitrogen and oxygen atoms in total. The highest BCUT2D eigenvalue weighted by atomic mass is 16.5. The number of urea groups is 1. The van der Waals surface area contributed by atoms with Crippen LogP contribution in [-0.2, 0) is 0 Å². The fourth-order valence-electron chi connectivity index (χ4n) is 1.86. The lowest BCUT2D eigenvalue weighted by molar-refractivity contribution is 0.235. The monoisotopic (exact) mass is 294 g/mol. The summed E-state index contributed by atoms with van der Waals surface area (Å²) in [4.78, 5) is 11.5. The second-order valence-corrected chi connectivity index (χ2v) is 4.89. The molecule has 2 N–H and O–H groups in total. The molecule has 21 heavy (non-hydrogen) atoms. The van der Waals surface area contributed by atoms with Crippen LogP contribution in [0.4, 0.5) is 4.79 Å². The Balaban J connectivity index is 2.20. The first-order valence-corrected chi connectivity index (χ1v) is 7.46. The van der Waals surface area contributed by atoms with E-state index in [0.29, 0.717) is 31.2 Å². The molecule has 0 aliphatic carbocycles. The number of hydrogen-bond donors (Lipinski definition) is 2. The minimum absolute atomic E-state index is 0.148. The number of nitrogens with one attached hydrogen (secondary N) is 2. The first kappa shape index (κ1) is 17.1. The molecule has 1 rings (SSSR count). The van der Waals surface area contributed by atoms with E-state index in [-0.39, 0.29) is 6.03 Å². The van der Waals surface area contributed by atoms with E-state index in [1.165, 1.54) is 0 Å². The Kier molecular flexibility index (Phi) is 8.09. The van der Waals surface area contributed by atoms with Crippen LogP contribution in [0, 0.1) is 6.92 Å². The van der Waals surface area contributed by atoms with Crippen LogP contribution in [0.15, 0.2) is 18.2 Å². The minimum atomic E-state index is -0.148. The van der Waals surface area contributed by atoms with Crippen molar-refractivity contribution in [1.29, 1.82) is 0 Å². The average Bonchev–Trinajstić information content (AvgIpc) is 2.49. The van der Waals surface area contributed by atoms with Crippen LogP contribution in [0.2, 0.25) is 0 Å². The number of methoxy groups -OCH3 is 1. The van der Waals surface area contributed by atoms with Crippen LogP contribution in [0.1, 0.15) is 31.7 Å². The van der Waals surface area contributed by atoms with Crippen LogP contribution < -0.4 is 20.1 Å². The normalized spacial score (nSPS) is 10.0. The Morgan fingerprint density at radius 3 is 2.62 bits per heavy atom. The number of amides is 2. The molecule has 0 aliphatic heterocycles. The first-order valence-electron chi connectivity index (χ1n) is 7.46. The molecule has 0 saturated heterocycles. The standard InChI is InChI=1S/C16H26N2O3/c1-4-5-6-9-17-16(19)18-10-11-21-14-8-7-13(2)12-15(14)20-3/h7-8,12H,4-6,9-11H2,1-3H3,(H2,17,18,19). The Bertz CT molecular complexity index is 436. The van der Waals surface area contributed by atoms with Crippen molar-refractivity contribution in [3.8, 4) is 11.5 Å². The lowest BCUT2D eigenvalue weighted by Crippen LogP contribution is -2.38. The van der Waals surface area contributed by atoms with Crippen molar-refractivity contribution >= 4 is 6.03 Å². The molecule has 1 aromatic carbocycles. The van der Waals surface area contributed by atoms with Gasteiger partial charge in [0.1, 0.15) is 6.61 Å². The number of carbonyl (C=O) groups excluding carboxylic acids is 1. The number of carbonyl (C=O) groups is 1. The lowest BCUT2D eigenvalue weighted by atomic mass is 10.2. The molecule has 0 aliphatic rings. The lowest BCUT2D eigenvalue weighted by Gasteiger charge is -2.12. The third kappa shape index (κ3) is 6.88.